The minimum Gasteiger partial charge on any atom is -0.488 e. The lowest BCUT2D eigenvalue weighted by atomic mass is 9.98. The molecule has 0 saturated carbocycles. The van der Waals surface area contributed by atoms with Crippen molar-refractivity contribution in [3.8, 4) is 34.6 Å². The summed E-state index contributed by atoms with van der Waals surface area (Å²) in [5.74, 6) is 2.01. The van der Waals surface area contributed by atoms with E-state index >= 15 is 0 Å². The fourth-order valence-electron chi connectivity index (χ4n) is 5.48. The predicted octanol–water partition coefficient (Wildman–Crippen LogP) is 6.67. The molecule has 0 amide bonds. The number of hydrogen-bond donors (Lipinski definition) is 1. The second kappa shape index (κ2) is 13.2. The van der Waals surface area contributed by atoms with Gasteiger partial charge in [-0.2, -0.15) is 0 Å². The molecule has 1 saturated heterocycles. The van der Waals surface area contributed by atoms with E-state index in [2.05, 4.69) is 71.2 Å². The predicted molar refractivity (Wildman–Crippen MR) is 174 cm³/mol. The molecule has 2 heterocycles. The van der Waals surface area contributed by atoms with Gasteiger partial charge in [0.15, 0.2) is 5.82 Å². The zero-order valence-corrected chi connectivity index (χ0v) is 25.6. The lowest BCUT2D eigenvalue weighted by Gasteiger charge is -2.34. The number of anilines is 1. The first-order valence-corrected chi connectivity index (χ1v) is 15.2. The molecule has 5 aromatic rings. The highest BCUT2D eigenvalue weighted by Gasteiger charge is 2.23. The molecular weight excluding hydrogens is 550 g/mol. The maximum atomic E-state index is 10.9. The number of rotatable bonds is 10. The largest absolute Gasteiger partial charge is 0.488 e. The molecule has 0 atom stereocenters. The van der Waals surface area contributed by atoms with Crippen LogP contribution in [0.5, 0.6) is 17.5 Å². The summed E-state index contributed by atoms with van der Waals surface area (Å²) in [7, 11) is 2.15. The SMILES string of the molecule is CC(C)c1cc(-c2nnc(O)n2-c2ccc(N3CCN(C)CC3)cc2)c(OCc2ccccc2)cc1OCc1ccccc1. The van der Waals surface area contributed by atoms with Gasteiger partial charge in [-0.3, -0.25) is 0 Å². The number of nitrogens with zero attached hydrogens (tertiary/aromatic N) is 5. The van der Waals surface area contributed by atoms with Crippen molar-refractivity contribution in [3.63, 3.8) is 0 Å². The van der Waals surface area contributed by atoms with Gasteiger partial charge >= 0.3 is 6.01 Å². The van der Waals surface area contributed by atoms with E-state index in [1.54, 1.807) is 4.57 Å². The molecule has 8 heteroatoms. The Morgan fingerprint density at radius 3 is 1.86 bits per heavy atom. The van der Waals surface area contributed by atoms with Gasteiger partial charge in [0, 0.05) is 37.9 Å². The molecule has 4 aromatic carbocycles. The Kier molecular flexibility index (Phi) is 8.79. The molecule has 1 aliphatic heterocycles. The number of piperazine rings is 1. The van der Waals surface area contributed by atoms with Crippen molar-refractivity contribution in [2.24, 2.45) is 0 Å². The summed E-state index contributed by atoms with van der Waals surface area (Å²) in [4.78, 5) is 4.72. The highest BCUT2D eigenvalue weighted by atomic mass is 16.5. The van der Waals surface area contributed by atoms with Crippen molar-refractivity contribution in [2.45, 2.75) is 33.0 Å². The van der Waals surface area contributed by atoms with Crippen LogP contribution in [0.15, 0.2) is 97.1 Å². The standard InChI is InChI=1S/C36H39N5O3/c1-26(2)31-22-32(34(44-25-28-12-8-5-9-13-28)23-33(31)43-24-27-10-6-4-7-11-27)35-37-38-36(42)41(35)30-16-14-29(15-17-30)40-20-18-39(3)19-21-40/h4-17,22-23,26H,18-21,24-25H2,1-3H3,(H,38,42). The second-order valence-corrected chi connectivity index (χ2v) is 11.6. The minimum absolute atomic E-state index is 0.163. The first kappa shape index (κ1) is 29.3. The van der Waals surface area contributed by atoms with Gasteiger partial charge in [0.25, 0.3) is 0 Å². The Bertz CT molecular complexity index is 1660. The van der Waals surface area contributed by atoms with Crippen LogP contribution in [0.4, 0.5) is 5.69 Å². The van der Waals surface area contributed by atoms with E-state index in [-0.39, 0.29) is 11.9 Å². The van der Waals surface area contributed by atoms with E-state index < -0.39 is 0 Å². The molecule has 0 unspecified atom stereocenters. The van der Waals surface area contributed by atoms with E-state index in [1.165, 1.54) is 0 Å². The second-order valence-electron chi connectivity index (χ2n) is 11.6. The van der Waals surface area contributed by atoms with Crippen LogP contribution in [0.3, 0.4) is 0 Å². The Labute approximate surface area is 259 Å². The Morgan fingerprint density at radius 2 is 1.27 bits per heavy atom. The summed E-state index contributed by atoms with van der Waals surface area (Å²) in [6, 6.07) is 32.2. The highest BCUT2D eigenvalue weighted by Crippen LogP contribution is 2.41. The number of likely N-dealkylation sites (N-methyl/N-ethyl adjacent to an activating group) is 1. The molecule has 44 heavy (non-hydrogen) atoms. The summed E-state index contributed by atoms with van der Waals surface area (Å²) in [5.41, 5.74) is 5.80. The first-order valence-electron chi connectivity index (χ1n) is 15.2. The summed E-state index contributed by atoms with van der Waals surface area (Å²) in [6.45, 7) is 9.12. The van der Waals surface area contributed by atoms with E-state index in [0.29, 0.717) is 24.8 Å². The third-order valence-corrected chi connectivity index (χ3v) is 8.07. The van der Waals surface area contributed by atoms with Crippen LogP contribution in [0.2, 0.25) is 0 Å². The molecule has 0 aliphatic carbocycles. The molecule has 1 aromatic heterocycles. The van der Waals surface area contributed by atoms with Gasteiger partial charge in [-0.25, -0.2) is 4.57 Å². The summed E-state index contributed by atoms with van der Waals surface area (Å²) in [5, 5.41) is 19.5. The lowest BCUT2D eigenvalue weighted by molar-refractivity contribution is 0.288. The third kappa shape index (κ3) is 6.55. The summed E-state index contributed by atoms with van der Waals surface area (Å²) >= 11 is 0. The molecular formula is C36H39N5O3. The fourth-order valence-corrected chi connectivity index (χ4v) is 5.48. The monoisotopic (exact) mass is 589 g/mol. The van der Waals surface area contributed by atoms with Gasteiger partial charge < -0.3 is 24.4 Å². The van der Waals surface area contributed by atoms with Crippen molar-refractivity contribution < 1.29 is 14.6 Å². The fraction of sp³-hybridized carbons (Fsp3) is 0.278. The van der Waals surface area contributed by atoms with Crippen LogP contribution in [0.1, 0.15) is 36.5 Å². The molecule has 0 bridgehead atoms. The molecule has 6 rings (SSSR count). The lowest BCUT2D eigenvalue weighted by Crippen LogP contribution is -2.44. The van der Waals surface area contributed by atoms with E-state index in [4.69, 9.17) is 9.47 Å². The molecule has 0 radical (unpaired) electrons. The Balaban J connectivity index is 1.38. The zero-order valence-electron chi connectivity index (χ0n) is 25.6. The van der Waals surface area contributed by atoms with Crippen molar-refractivity contribution in [1.29, 1.82) is 0 Å². The van der Waals surface area contributed by atoms with E-state index in [0.717, 1.165) is 65.6 Å². The third-order valence-electron chi connectivity index (χ3n) is 8.07. The number of ether oxygens (including phenoxy) is 2. The van der Waals surface area contributed by atoms with Crippen LogP contribution in [-0.2, 0) is 13.2 Å². The maximum absolute atomic E-state index is 10.9. The van der Waals surface area contributed by atoms with Crippen LogP contribution < -0.4 is 14.4 Å². The van der Waals surface area contributed by atoms with Gasteiger partial charge in [0.1, 0.15) is 24.7 Å². The van der Waals surface area contributed by atoms with E-state index in [1.807, 2.05) is 66.7 Å². The average Bonchev–Trinajstić information content (AvgIpc) is 3.44. The Morgan fingerprint density at radius 1 is 0.705 bits per heavy atom. The average molecular weight is 590 g/mol. The van der Waals surface area contributed by atoms with Crippen molar-refractivity contribution in [2.75, 3.05) is 38.1 Å². The summed E-state index contributed by atoms with van der Waals surface area (Å²) in [6.07, 6.45) is 0. The van der Waals surface area contributed by atoms with Gasteiger partial charge in [0.05, 0.1) is 11.3 Å². The maximum Gasteiger partial charge on any atom is 0.319 e. The van der Waals surface area contributed by atoms with Crippen molar-refractivity contribution in [1.82, 2.24) is 19.7 Å². The normalized spacial score (nSPS) is 13.8. The van der Waals surface area contributed by atoms with Gasteiger partial charge in [-0.05, 0) is 60.0 Å². The van der Waals surface area contributed by atoms with Gasteiger partial charge in [0.2, 0.25) is 0 Å². The molecule has 8 nitrogen and oxygen atoms in total. The summed E-state index contributed by atoms with van der Waals surface area (Å²) < 4.78 is 14.5. The number of aromatic hydroxyl groups is 1. The molecule has 1 fully saturated rings. The molecule has 1 N–H and O–H groups in total. The van der Waals surface area contributed by atoms with E-state index in [9.17, 15) is 5.11 Å². The van der Waals surface area contributed by atoms with Crippen LogP contribution in [-0.4, -0.2) is 58.0 Å². The van der Waals surface area contributed by atoms with Gasteiger partial charge in [-0.15, -0.1) is 5.10 Å². The van der Waals surface area contributed by atoms with Crippen LogP contribution in [0, 0.1) is 0 Å². The minimum atomic E-state index is -0.183. The molecule has 226 valence electrons. The van der Waals surface area contributed by atoms with Crippen molar-refractivity contribution >= 4 is 5.69 Å². The number of aromatic nitrogens is 3. The number of hydrogen-bond acceptors (Lipinski definition) is 7. The molecule has 0 spiro atoms. The van der Waals surface area contributed by atoms with Crippen LogP contribution >= 0.6 is 0 Å². The zero-order chi connectivity index (χ0) is 30.5. The first-order chi connectivity index (χ1) is 21.5. The quantitative estimate of drug-likeness (QED) is 0.195. The Hall–Kier alpha value is -4.82. The number of benzene rings is 4. The van der Waals surface area contributed by atoms with Crippen molar-refractivity contribution in [3.05, 3.63) is 114 Å². The topological polar surface area (TPSA) is 75.9 Å². The van der Waals surface area contributed by atoms with Gasteiger partial charge in [-0.1, -0.05) is 79.6 Å². The van der Waals surface area contributed by atoms with Crippen LogP contribution in [0.25, 0.3) is 17.1 Å². The molecule has 1 aliphatic rings. The smallest absolute Gasteiger partial charge is 0.319 e. The highest BCUT2D eigenvalue weighted by molar-refractivity contribution is 5.71.